The highest BCUT2D eigenvalue weighted by Crippen LogP contribution is 2.26. The zero-order valence-electron chi connectivity index (χ0n) is 31.3. The Hall–Kier alpha value is -3.83. The molecule has 0 aliphatic heterocycles. The van der Waals surface area contributed by atoms with Crippen LogP contribution in [0.2, 0.25) is 15.1 Å². The topological polar surface area (TPSA) is 82.1 Å². The Balaban J connectivity index is 0.000000212. The summed E-state index contributed by atoms with van der Waals surface area (Å²) in [6, 6.07) is 40.8. The maximum Gasteiger partial charge on any atom is 0.337 e. The van der Waals surface area contributed by atoms with Gasteiger partial charge in [0.1, 0.15) is 17.2 Å². The maximum atomic E-state index is 12.3. The molecule has 0 aliphatic carbocycles. The van der Waals surface area contributed by atoms with E-state index in [0.717, 1.165) is 49.8 Å². The van der Waals surface area contributed by atoms with Crippen LogP contribution >= 0.6 is 82.6 Å². The summed E-state index contributed by atoms with van der Waals surface area (Å²) in [6.45, 7) is 7.91. The van der Waals surface area contributed by atoms with Gasteiger partial charge < -0.3 is 19.3 Å². The number of para-hydroxylation sites is 1. The van der Waals surface area contributed by atoms with Gasteiger partial charge in [0.05, 0.1) is 35.4 Å². The number of benzene rings is 6. The van der Waals surface area contributed by atoms with E-state index in [1.807, 2.05) is 75.4 Å². The smallest absolute Gasteiger partial charge is 0.337 e. The molecule has 298 valence electrons. The van der Waals surface area contributed by atoms with E-state index in [0.29, 0.717) is 33.8 Å². The molecule has 0 saturated carbocycles. The van der Waals surface area contributed by atoms with Crippen molar-refractivity contribution in [3.05, 3.63) is 190 Å². The molecule has 0 saturated heterocycles. The minimum atomic E-state index is -1.02. The number of rotatable bonds is 11. The fourth-order valence-corrected chi connectivity index (χ4v) is 6.53. The van der Waals surface area contributed by atoms with Gasteiger partial charge >= 0.3 is 5.97 Å². The molecule has 6 aromatic rings. The van der Waals surface area contributed by atoms with Gasteiger partial charge in [0, 0.05) is 29.6 Å². The van der Waals surface area contributed by atoms with E-state index in [1.54, 1.807) is 48.5 Å². The first kappa shape index (κ1) is 47.5. The third-order valence-corrected chi connectivity index (χ3v) is 9.96. The lowest BCUT2D eigenvalue weighted by molar-refractivity contribution is 0.0696. The molecule has 0 amide bonds. The molecule has 0 atom stereocenters. The van der Waals surface area contributed by atoms with Crippen LogP contribution in [0.25, 0.3) is 0 Å². The van der Waals surface area contributed by atoms with Crippen LogP contribution < -0.4 is 14.2 Å². The third kappa shape index (κ3) is 16.9. The second kappa shape index (κ2) is 25.5. The molecule has 1 N–H and O–H groups in total. The van der Waals surface area contributed by atoms with Crippen molar-refractivity contribution in [3.63, 3.8) is 0 Å². The minimum Gasteiger partial charge on any atom is -0.494 e. The summed E-state index contributed by atoms with van der Waals surface area (Å²) < 4.78 is 18.6. The predicted molar refractivity (Wildman–Crippen MR) is 243 cm³/mol. The number of halogens is 6. The zero-order valence-corrected chi connectivity index (χ0v) is 38.3. The fraction of sp³-hybridized carbons (Fsp3) is 0.156. The van der Waals surface area contributed by atoms with E-state index in [2.05, 4.69) is 66.0 Å². The van der Waals surface area contributed by atoms with Gasteiger partial charge in [-0.05, 0) is 141 Å². The van der Waals surface area contributed by atoms with E-state index in [-0.39, 0.29) is 16.4 Å². The number of carboxylic acids is 1. The predicted octanol–water partition coefficient (Wildman–Crippen LogP) is 14.7. The summed E-state index contributed by atoms with van der Waals surface area (Å²) in [4.78, 5) is 22.8. The molecule has 57 heavy (non-hydrogen) atoms. The van der Waals surface area contributed by atoms with Crippen LogP contribution in [-0.2, 0) is 6.42 Å². The Kier molecular flexibility index (Phi) is 21.3. The van der Waals surface area contributed by atoms with Crippen LogP contribution in [0.5, 0.6) is 17.2 Å². The third-order valence-electron chi connectivity index (χ3n) is 7.45. The number of hydrogen-bond donors (Lipinski definition) is 1. The monoisotopic (exact) mass is 1020 g/mol. The van der Waals surface area contributed by atoms with Crippen molar-refractivity contribution in [2.45, 2.75) is 27.2 Å². The molecule has 12 heteroatoms. The number of ether oxygens (including phenoxy) is 3. The molecule has 0 aliphatic rings. The van der Waals surface area contributed by atoms with E-state index in [4.69, 9.17) is 54.1 Å². The summed E-state index contributed by atoms with van der Waals surface area (Å²) >= 11 is 27.8. The average Bonchev–Trinajstić information content (AvgIpc) is 3.20. The molecule has 0 radical (unpaired) electrons. The maximum absolute atomic E-state index is 12.3. The van der Waals surface area contributed by atoms with Crippen molar-refractivity contribution in [1.82, 2.24) is 0 Å². The first-order valence-corrected chi connectivity index (χ1v) is 21.1. The first-order valence-electron chi connectivity index (χ1n) is 17.6. The van der Waals surface area contributed by atoms with E-state index < -0.39 is 5.97 Å². The van der Waals surface area contributed by atoms with Gasteiger partial charge in [0.15, 0.2) is 5.78 Å². The number of aromatic carboxylic acids is 1. The molecular formula is C45H40Br3Cl3O6. The van der Waals surface area contributed by atoms with Crippen LogP contribution in [0.15, 0.2) is 147 Å². The summed E-state index contributed by atoms with van der Waals surface area (Å²) in [5, 5.41) is 10.1. The number of carboxylic acid groups (broad SMARTS) is 1. The number of carbonyl (C=O) groups excluding carboxylic acids is 1. The van der Waals surface area contributed by atoms with Crippen LogP contribution in [0, 0.1) is 0 Å². The highest BCUT2D eigenvalue weighted by Gasteiger charge is 2.13. The van der Waals surface area contributed by atoms with Crippen molar-refractivity contribution >= 4 is 94.3 Å². The quantitative estimate of drug-likeness (QED) is 0.130. The van der Waals surface area contributed by atoms with Gasteiger partial charge in [0.25, 0.3) is 0 Å². The van der Waals surface area contributed by atoms with Crippen molar-refractivity contribution in [1.29, 1.82) is 0 Å². The standard InChI is InChI=1S/C15H12BrClO2.C15H14BrClO.C8H10O.C7H4BrClO2/c1-2-19-12-6-3-10(4-7-12)15(18)13-9-11(16)5-8-14(13)17;1-2-18-14-6-3-11(4-7-14)9-12-10-13(16)5-8-15(12)17;1-2-9-8-6-4-3-5-7-8;8-4-1-2-6(9)5(3-4)7(10)11/h3-9H,2H2,1H3;3-8,10H,2,9H2,1H3;3-7H,2H2,1H3;1-3H,(H,10,11). The lowest BCUT2D eigenvalue weighted by atomic mass is 10.0. The molecule has 6 rings (SSSR count). The Labute approximate surface area is 374 Å². The van der Waals surface area contributed by atoms with Crippen LogP contribution in [-0.4, -0.2) is 36.7 Å². The average molecular weight is 1020 g/mol. The van der Waals surface area contributed by atoms with Crippen LogP contribution in [0.1, 0.15) is 58.2 Å². The summed E-state index contributed by atoms with van der Waals surface area (Å²) in [7, 11) is 0. The molecule has 0 bridgehead atoms. The summed E-state index contributed by atoms with van der Waals surface area (Å²) in [5.74, 6) is 1.48. The Morgan fingerprint density at radius 1 is 0.526 bits per heavy atom. The molecule has 6 nitrogen and oxygen atoms in total. The fourth-order valence-electron chi connectivity index (χ4n) is 4.81. The number of carbonyl (C=O) groups is 2. The summed E-state index contributed by atoms with van der Waals surface area (Å²) in [6.07, 6.45) is 0.824. The van der Waals surface area contributed by atoms with Crippen molar-refractivity contribution < 1.29 is 28.9 Å². The molecule has 0 unspecified atom stereocenters. The minimum absolute atomic E-state index is 0.102. The van der Waals surface area contributed by atoms with Crippen LogP contribution in [0.4, 0.5) is 0 Å². The zero-order chi connectivity index (χ0) is 41.7. The van der Waals surface area contributed by atoms with Gasteiger partial charge in [-0.2, -0.15) is 0 Å². The molecule has 6 aromatic carbocycles. The second-order valence-corrected chi connectivity index (χ2v) is 15.5. The molecule has 0 aromatic heterocycles. The molecule has 0 heterocycles. The Morgan fingerprint density at radius 3 is 1.42 bits per heavy atom. The Bertz CT molecular complexity index is 2170. The molecule has 0 spiro atoms. The molecule has 0 fully saturated rings. The van der Waals surface area contributed by atoms with Gasteiger partial charge in [-0.25, -0.2) is 4.79 Å². The van der Waals surface area contributed by atoms with Crippen LogP contribution in [0.3, 0.4) is 0 Å². The largest absolute Gasteiger partial charge is 0.494 e. The number of hydrogen-bond acceptors (Lipinski definition) is 5. The Morgan fingerprint density at radius 2 is 0.947 bits per heavy atom. The van der Waals surface area contributed by atoms with E-state index >= 15 is 0 Å². The van der Waals surface area contributed by atoms with Crippen molar-refractivity contribution in [3.8, 4) is 17.2 Å². The lowest BCUT2D eigenvalue weighted by Gasteiger charge is -2.07. The van der Waals surface area contributed by atoms with Gasteiger partial charge in [0.2, 0.25) is 0 Å². The SMILES string of the molecule is CCOc1ccc(C(=O)c2cc(Br)ccc2Cl)cc1.CCOc1ccc(Cc2cc(Br)ccc2Cl)cc1.CCOc1ccccc1.O=C(O)c1cc(Br)ccc1Cl. The highest BCUT2D eigenvalue weighted by atomic mass is 79.9. The van der Waals surface area contributed by atoms with E-state index in [9.17, 15) is 9.59 Å². The summed E-state index contributed by atoms with van der Waals surface area (Å²) in [5.41, 5.74) is 3.53. The first-order chi connectivity index (χ1) is 27.3. The highest BCUT2D eigenvalue weighted by molar-refractivity contribution is 9.11. The van der Waals surface area contributed by atoms with Crippen molar-refractivity contribution in [2.24, 2.45) is 0 Å². The molecular weight excluding hydrogens is 983 g/mol. The van der Waals surface area contributed by atoms with Gasteiger partial charge in [-0.15, -0.1) is 0 Å². The normalized spacial score (nSPS) is 9.98. The second-order valence-electron chi connectivity index (χ2n) is 11.6. The van der Waals surface area contributed by atoms with Gasteiger partial charge in [-0.1, -0.05) is 113 Å². The van der Waals surface area contributed by atoms with E-state index in [1.165, 1.54) is 17.7 Å². The lowest BCUT2D eigenvalue weighted by Crippen LogP contribution is -2.02. The van der Waals surface area contributed by atoms with Crippen molar-refractivity contribution in [2.75, 3.05) is 19.8 Å². The van der Waals surface area contributed by atoms with Gasteiger partial charge in [-0.3, -0.25) is 4.79 Å². The number of ketones is 1.